The molecule has 0 aromatic heterocycles. The highest BCUT2D eigenvalue weighted by Crippen LogP contribution is 2.08. The average Bonchev–Trinajstić information content (AvgIpc) is 2.41. The van der Waals surface area contributed by atoms with Crippen molar-refractivity contribution in [2.75, 3.05) is 6.54 Å². The van der Waals surface area contributed by atoms with E-state index in [2.05, 4.69) is 37.8 Å². The first-order chi connectivity index (χ1) is 10.6. The minimum absolute atomic E-state index is 0. The Bertz CT molecular complexity index is 423. The molecule has 0 aromatic rings. The maximum absolute atomic E-state index is 12.1. The Morgan fingerprint density at radius 2 is 1.96 bits per heavy atom. The van der Waals surface area contributed by atoms with Crippen LogP contribution in [0.4, 0.5) is 0 Å². The number of nitro groups is 1. The van der Waals surface area contributed by atoms with Gasteiger partial charge < -0.3 is 16.8 Å². The molecule has 0 unspecified atom stereocenters. The Hall–Kier alpha value is -1.55. The van der Waals surface area contributed by atoms with E-state index in [1.807, 2.05) is 0 Å². The van der Waals surface area contributed by atoms with Crippen molar-refractivity contribution in [3.63, 3.8) is 0 Å². The Kier molecular flexibility index (Phi) is 13.2. The second-order valence-electron chi connectivity index (χ2n) is 6.37. The summed E-state index contributed by atoms with van der Waals surface area (Å²) in [7, 11) is 0. The van der Waals surface area contributed by atoms with Crippen molar-refractivity contribution in [3.05, 3.63) is 10.1 Å². The third kappa shape index (κ3) is 11.9. The standard InChI is InChI=1S/C13H29BN6O3.ClH/c1-9(2)8-11(14(3)4)18-12(21)10(15)6-5-7-17-13(16)19-20(22)23;/h9-11H,5-8,15H2,1-4H3,(H,18,21)(H3,16,17,19);1H/t10-,11-;/m0./s1. The second kappa shape index (κ2) is 12.8. The molecule has 0 aliphatic heterocycles. The van der Waals surface area contributed by atoms with E-state index in [0.29, 0.717) is 25.5 Å². The van der Waals surface area contributed by atoms with Crippen LogP contribution in [0.25, 0.3) is 0 Å². The monoisotopic (exact) mass is 364 g/mol. The summed E-state index contributed by atoms with van der Waals surface area (Å²) < 4.78 is 0. The van der Waals surface area contributed by atoms with E-state index in [4.69, 9.17) is 11.5 Å². The Morgan fingerprint density at radius 1 is 1.38 bits per heavy atom. The molecule has 24 heavy (non-hydrogen) atoms. The van der Waals surface area contributed by atoms with Gasteiger partial charge in [0.2, 0.25) is 5.91 Å². The van der Waals surface area contributed by atoms with Gasteiger partial charge in [0.1, 0.15) is 0 Å². The van der Waals surface area contributed by atoms with Crippen molar-refractivity contribution in [2.45, 2.75) is 58.7 Å². The predicted octanol–water partition coefficient (Wildman–Crippen LogP) is 0.436. The number of nitrogens with one attached hydrogen (secondary N) is 2. The highest BCUT2D eigenvalue weighted by Gasteiger charge is 2.22. The van der Waals surface area contributed by atoms with Crippen LogP contribution in [0.5, 0.6) is 0 Å². The molecule has 2 atom stereocenters. The normalized spacial score (nSPS) is 13.7. The van der Waals surface area contributed by atoms with Gasteiger partial charge in [-0.25, -0.2) is 15.1 Å². The van der Waals surface area contributed by atoms with Gasteiger partial charge in [-0.2, -0.15) is 0 Å². The molecule has 0 saturated carbocycles. The molecule has 0 aliphatic carbocycles. The number of carbonyl (C=O) groups excluding carboxylic acids is 1. The molecule has 11 heteroatoms. The van der Waals surface area contributed by atoms with Crippen LogP contribution in [-0.4, -0.2) is 42.1 Å². The first kappa shape index (κ1) is 24.7. The van der Waals surface area contributed by atoms with Crippen LogP contribution in [0.2, 0.25) is 13.6 Å². The topological polar surface area (TPSA) is 149 Å². The summed E-state index contributed by atoms with van der Waals surface area (Å²) >= 11 is 0. The van der Waals surface area contributed by atoms with Crippen LogP contribution in [0, 0.1) is 16.0 Å². The number of halogens is 1. The fraction of sp³-hybridized carbons (Fsp3) is 0.846. The number of hydrogen-bond donors (Lipinski definition) is 4. The van der Waals surface area contributed by atoms with E-state index in [-0.39, 0.29) is 36.8 Å². The molecule has 0 saturated heterocycles. The summed E-state index contributed by atoms with van der Waals surface area (Å²) in [6.07, 6.45) is 1.86. The van der Waals surface area contributed by atoms with E-state index in [1.54, 1.807) is 5.43 Å². The lowest BCUT2D eigenvalue weighted by atomic mass is 9.47. The number of hydrogen-bond acceptors (Lipinski definition) is 5. The van der Waals surface area contributed by atoms with Gasteiger partial charge in [-0.15, -0.1) is 12.4 Å². The molecule has 0 heterocycles. The lowest BCUT2D eigenvalue weighted by Crippen LogP contribution is -2.50. The largest absolute Gasteiger partial charge is 0.365 e. The zero-order valence-corrected chi connectivity index (χ0v) is 15.6. The minimum atomic E-state index is -0.779. The maximum atomic E-state index is 12.1. The molecule has 1 amide bonds. The third-order valence-corrected chi connectivity index (χ3v) is 3.36. The first-order valence-corrected chi connectivity index (χ1v) is 7.90. The van der Waals surface area contributed by atoms with E-state index in [9.17, 15) is 14.9 Å². The molecule has 0 aromatic carbocycles. The molecule has 0 rings (SSSR count). The quantitative estimate of drug-likeness (QED) is 0.110. The van der Waals surface area contributed by atoms with Crippen molar-refractivity contribution >= 4 is 31.0 Å². The molecule has 6 N–H and O–H groups in total. The summed E-state index contributed by atoms with van der Waals surface area (Å²) in [5.41, 5.74) is 12.9. The third-order valence-electron chi connectivity index (χ3n) is 3.36. The molecule has 0 radical (unpaired) electrons. The van der Waals surface area contributed by atoms with E-state index in [0.717, 1.165) is 6.42 Å². The SMILES string of the molecule is CB(C)[C@H](CC(C)C)NC(=O)[C@@H](N)CCCN=C(N)N[N+](=O)[O-].Cl. The number of nitrogens with two attached hydrogens (primary N) is 2. The number of rotatable bonds is 10. The first-order valence-electron chi connectivity index (χ1n) is 7.90. The Balaban J connectivity index is 0. The molecular weight excluding hydrogens is 334 g/mol. The molecule has 9 nitrogen and oxygen atoms in total. The molecule has 0 spiro atoms. The summed E-state index contributed by atoms with van der Waals surface area (Å²) in [5, 5.41) is 12.4. The molecule has 140 valence electrons. The van der Waals surface area contributed by atoms with Crippen LogP contribution in [-0.2, 0) is 4.79 Å². The van der Waals surface area contributed by atoms with E-state index in [1.165, 1.54) is 0 Å². The fourth-order valence-electron chi connectivity index (χ4n) is 2.07. The lowest BCUT2D eigenvalue weighted by Gasteiger charge is -2.24. The van der Waals surface area contributed by atoms with Crippen molar-refractivity contribution in [2.24, 2.45) is 22.4 Å². The van der Waals surface area contributed by atoms with E-state index >= 15 is 0 Å². The van der Waals surface area contributed by atoms with Gasteiger partial charge in [0.05, 0.1) is 6.04 Å². The zero-order valence-electron chi connectivity index (χ0n) is 14.8. The average molecular weight is 365 g/mol. The van der Waals surface area contributed by atoms with Crippen molar-refractivity contribution < 1.29 is 9.83 Å². The summed E-state index contributed by atoms with van der Waals surface area (Å²) in [5.74, 6) is 0.159. The van der Waals surface area contributed by atoms with Gasteiger partial charge in [0.15, 0.2) is 11.7 Å². The zero-order chi connectivity index (χ0) is 18.0. The number of amides is 1. The lowest BCUT2D eigenvalue weighted by molar-refractivity contribution is -0.525. The number of hydrazine groups is 1. The smallest absolute Gasteiger partial charge is 0.251 e. The van der Waals surface area contributed by atoms with E-state index < -0.39 is 11.1 Å². The number of aliphatic imine (C=N–C) groups is 1. The van der Waals surface area contributed by atoms with Crippen molar-refractivity contribution in [1.82, 2.24) is 10.7 Å². The van der Waals surface area contributed by atoms with Gasteiger partial charge in [-0.1, -0.05) is 32.9 Å². The fourth-order valence-corrected chi connectivity index (χ4v) is 2.07. The van der Waals surface area contributed by atoms with Crippen LogP contribution in [0.3, 0.4) is 0 Å². The predicted molar refractivity (Wildman–Crippen MR) is 99.9 cm³/mol. The Labute approximate surface area is 150 Å². The van der Waals surface area contributed by atoms with Gasteiger partial charge in [0, 0.05) is 12.5 Å². The Morgan fingerprint density at radius 3 is 2.42 bits per heavy atom. The van der Waals surface area contributed by atoms with Crippen LogP contribution in [0.1, 0.15) is 33.1 Å². The van der Waals surface area contributed by atoms with Gasteiger partial charge >= 0.3 is 0 Å². The minimum Gasteiger partial charge on any atom is -0.365 e. The number of nitrogens with zero attached hydrogens (tertiary/aromatic N) is 2. The van der Waals surface area contributed by atoms with Crippen LogP contribution in [0.15, 0.2) is 4.99 Å². The van der Waals surface area contributed by atoms with Gasteiger partial charge in [0.25, 0.3) is 5.96 Å². The highest BCUT2D eigenvalue weighted by molar-refractivity contribution is 6.57. The second-order valence-corrected chi connectivity index (χ2v) is 6.37. The molecule has 0 bridgehead atoms. The maximum Gasteiger partial charge on any atom is 0.251 e. The van der Waals surface area contributed by atoms with Crippen molar-refractivity contribution in [3.8, 4) is 0 Å². The molecular formula is C13H30BClN6O3. The highest BCUT2D eigenvalue weighted by atomic mass is 35.5. The van der Waals surface area contributed by atoms with Crippen molar-refractivity contribution in [1.29, 1.82) is 0 Å². The number of guanidine groups is 1. The molecule has 0 aliphatic rings. The van der Waals surface area contributed by atoms with Gasteiger partial charge in [-0.05, 0) is 25.2 Å². The summed E-state index contributed by atoms with van der Waals surface area (Å²) in [6, 6.07) is -0.622. The molecule has 0 fully saturated rings. The summed E-state index contributed by atoms with van der Waals surface area (Å²) in [6.45, 7) is 8.97. The van der Waals surface area contributed by atoms with Crippen LogP contribution < -0.4 is 22.2 Å². The van der Waals surface area contributed by atoms with Crippen LogP contribution >= 0.6 is 12.4 Å². The summed E-state index contributed by atoms with van der Waals surface area (Å²) in [4.78, 5) is 26.0. The van der Waals surface area contributed by atoms with Gasteiger partial charge in [-0.3, -0.25) is 4.79 Å². The number of carbonyl (C=O) groups is 1.